The molecule has 0 aliphatic heterocycles. The highest BCUT2D eigenvalue weighted by atomic mass is 16.3. The van der Waals surface area contributed by atoms with Gasteiger partial charge < -0.3 is 10.8 Å². The quantitative estimate of drug-likeness (QED) is 0.868. The maximum Gasteiger partial charge on any atom is 0.225 e. The smallest absolute Gasteiger partial charge is 0.225 e. The molecule has 0 saturated heterocycles. The van der Waals surface area contributed by atoms with E-state index in [1.165, 1.54) is 0 Å². The predicted octanol–water partition coefficient (Wildman–Crippen LogP) is 0.965. The van der Waals surface area contributed by atoms with Crippen molar-refractivity contribution in [3.05, 3.63) is 41.0 Å². The van der Waals surface area contributed by atoms with Crippen molar-refractivity contribution in [3.8, 4) is 5.69 Å². The standard InChI is InChI=1S/C14H18N4O2/c1-8-4-9(2)6-11(5-8)18-14(10(3)19)16-13(17-18)7-12(15)20/h4-6,10,19H,7H2,1-3H3,(H2,15,20). The summed E-state index contributed by atoms with van der Waals surface area (Å²) in [4.78, 5) is 15.2. The van der Waals surface area contributed by atoms with Crippen LogP contribution in [0.4, 0.5) is 0 Å². The molecule has 2 rings (SSSR count). The second-order valence-corrected chi connectivity index (χ2v) is 4.96. The molecule has 1 aromatic heterocycles. The van der Waals surface area contributed by atoms with Crippen molar-refractivity contribution in [1.82, 2.24) is 14.8 Å². The van der Waals surface area contributed by atoms with E-state index >= 15 is 0 Å². The molecule has 3 N–H and O–H groups in total. The lowest BCUT2D eigenvalue weighted by Gasteiger charge is -2.09. The van der Waals surface area contributed by atoms with E-state index < -0.39 is 12.0 Å². The Bertz CT molecular complexity index is 626. The highest BCUT2D eigenvalue weighted by Gasteiger charge is 2.17. The van der Waals surface area contributed by atoms with E-state index in [1.54, 1.807) is 11.6 Å². The van der Waals surface area contributed by atoms with Gasteiger partial charge in [0, 0.05) is 0 Å². The summed E-state index contributed by atoms with van der Waals surface area (Å²) in [6, 6.07) is 5.94. The largest absolute Gasteiger partial charge is 0.385 e. The van der Waals surface area contributed by atoms with E-state index in [1.807, 2.05) is 32.0 Å². The van der Waals surface area contributed by atoms with Crippen LogP contribution >= 0.6 is 0 Å². The number of carbonyl (C=O) groups is 1. The van der Waals surface area contributed by atoms with Gasteiger partial charge in [-0.25, -0.2) is 9.67 Å². The van der Waals surface area contributed by atoms with Crippen molar-refractivity contribution in [3.63, 3.8) is 0 Å². The highest BCUT2D eigenvalue weighted by molar-refractivity contribution is 5.75. The zero-order valence-electron chi connectivity index (χ0n) is 11.8. The van der Waals surface area contributed by atoms with Crippen LogP contribution in [0.2, 0.25) is 0 Å². The van der Waals surface area contributed by atoms with Gasteiger partial charge >= 0.3 is 0 Å². The van der Waals surface area contributed by atoms with E-state index in [0.29, 0.717) is 11.6 Å². The molecule has 1 aromatic carbocycles. The molecule has 1 heterocycles. The minimum atomic E-state index is -0.787. The average Bonchev–Trinajstić information content (AvgIpc) is 2.70. The van der Waals surface area contributed by atoms with Gasteiger partial charge in [-0.1, -0.05) is 6.07 Å². The first-order chi connectivity index (χ1) is 9.36. The van der Waals surface area contributed by atoms with E-state index in [9.17, 15) is 9.90 Å². The lowest BCUT2D eigenvalue weighted by Crippen LogP contribution is -2.14. The number of carbonyl (C=O) groups excluding carboxylic acids is 1. The van der Waals surface area contributed by atoms with Crippen LogP contribution in [-0.2, 0) is 11.2 Å². The van der Waals surface area contributed by atoms with Gasteiger partial charge in [0.05, 0.1) is 12.1 Å². The number of aromatic nitrogens is 3. The van der Waals surface area contributed by atoms with Crippen LogP contribution in [0.3, 0.4) is 0 Å². The molecule has 106 valence electrons. The Labute approximate surface area is 117 Å². The molecule has 0 spiro atoms. The van der Waals surface area contributed by atoms with Gasteiger partial charge in [-0.3, -0.25) is 4.79 Å². The first-order valence-electron chi connectivity index (χ1n) is 6.37. The molecule has 0 aliphatic rings. The maximum absolute atomic E-state index is 11.0. The zero-order chi connectivity index (χ0) is 14.9. The maximum atomic E-state index is 11.0. The van der Waals surface area contributed by atoms with Gasteiger partial charge in [0.2, 0.25) is 5.91 Å². The number of nitrogens with zero attached hydrogens (tertiary/aromatic N) is 3. The minimum absolute atomic E-state index is 0.0441. The van der Waals surface area contributed by atoms with Crippen LogP contribution < -0.4 is 5.73 Å². The van der Waals surface area contributed by atoms with Gasteiger partial charge in [-0.05, 0) is 44.0 Å². The second kappa shape index (κ2) is 5.42. The Morgan fingerprint density at radius 1 is 1.35 bits per heavy atom. The van der Waals surface area contributed by atoms with E-state index in [2.05, 4.69) is 10.1 Å². The van der Waals surface area contributed by atoms with Crippen LogP contribution in [0.5, 0.6) is 0 Å². The van der Waals surface area contributed by atoms with Crippen LogP contribution in [0, 0.1) is 13.8 Å². The summed E-state index contributed by atoms with van der Waals surface area (Å²) in [5.74, 6) is 0.207. The zero-order valence-corrected chi connectivity index (χ0v) is 11.8. The molecule has 0 radical (unpaired) electrons. The lowest BCUT2D eigenvalue weighted by molar-refractivity contribution is -0.117. The Balaban J connectivity index is 2.53. The number of aliphatic hydroxyl groups excluding tert-OH is 1. The topological polar surface area (TPSA) is 94.0 Å². The average molecular weight is 274 g/mol. The number of aryl methyl sites for hydroxylation is 2. The first kappa shape index (κ1) is 14.2. The molecule has 0 saturated carbocycles. The van der Waals surface area contributed by atoms with Crippen molar-refractivity contribution in [2.75, 3.05) is 0 Å². The third kappa shape index (κ3) is 3.03. The van der Waals surface area contributed by atoms with Crippen molar-refractivity contribution in [1.29, 1.82) is 0 Å². The van der Waals surface area contributed by atoms with Crippen molar-refractivity contribution in [2.24, 2.45) is 5.73 Å². The molecule has 1 amide bonds. The van der Waals surface area contributed by atoms with Crippen LogP contribution in [0.15, 0.2) is 18.2 Å². The number of nitrogens with two attached hydrogens (primary N) is 1. The van der Waals surface area contributed by atoms with Gasteiger partial charge in [0.15, 0.2) is 11.6 Å². The molecular formula is C14H18N4O2. The van der Waals surface area contributed by atoms with Crippen LogP contribution in [0.1, 0.15) is 35.8 Å². The third-order valence-corrected chi connectivity index (χ3v) is 2.83. The van der Waals surface area contributed by atoms with E-state index in [4.69, 9.17) is 5.73 Å². The number of rotatable bonds is 4. The number of aliphatic hydroxyl groups is 1. The lowest BCUT2D eigenvalue weighted by atomic mass is 10.1. The minimum Gasteiger partial charge on any atom is -0.385 e. The number of hydrogen-bond donors (Lipinski definition) is 2. The van der Waals surface area contributed by atoms with Crippen LogP contribution in [-0.4, -0.2) is 25.8 Å². The van der Waals surface area contributed by atoms with Crippen molar-refractivity contribution < 1.29 is 9.90 Å². The SMILES string of the molecule is Cc1cc(C)cc(-n2nc(CC(N)=O)nc2C(C)O)c1. The summed E-state index contributed by atoms with van der Waals surface area (Å²) >= 11 is 0. The summed E-state index contributed by atoms with van der Waals surface area (Å²) in [6.45, 7) is 5.58. The first-order valence-corrected chi connectivity index (χ1v) is 6.37. The fraction of sp³-hybridized carbons (Fsp3) is 0.357. The van der Waals surface area contributed by atoms with E-state index in [0.717, 1.165) is 16.8 Å². The molecule has 0 fully saturated rings. The monoisotopic (exact) mass is 274 g/mol. The molecule has 1 unspecified atom stereocenters. The molecule has 0 bridgehead atoms. The molecule has 6 heteroatoms. The fourth-order valence-electron chi connectivity index (χ4n) is 2.13. The summed E-state index contributed by atoms with van der Waals surface area (Å²) < 4.78 is 1.56. The Kier molecular flexibility index (Phi) is 3.85. The number of benzene rings is 1. The fourth-order valence-corrected chi connectivity index (χ4v) is 2.13. The van der Waals surface area contributed by atoms with Gasteiger partial charge in [0.25, 0.3) is 0 Å². The third-order valence-electron chi connectivity index (χ3n) is 2.83. The summed E-state index contributed by atoms with van der Waals surface area (Å²) in [5, 5.41) is 14.1. The Morgan fingerprint density at radius 2 is 1.95 bits per heavy atom. The molecule has 6 nitrogen and oxygen atoms in total. The second-order valence-electron chi connectivity index (χ2n) is 4.96. The molecule has 0 aliphatic carbocycles. The molecule has 20 heavy (non-hydrogen) atoms. The number of primary amides is 1. The summed E-state index contributed by atoms with van der Waals surface area (Å²) in [5.41, 5.74) is 8.14. The normalized spacial score (nSPS) is 12.4. The predicted molar refractivity (Wildman–Crippen MR) is 74.4 cm³/mol. The Morgan fingerprint density at radius 3 is 2.45 bits per heavy atom. The van der Waals surface area contributed by atoms with Gasteiger partial charge in [-0.15, -0.1) is 0 Å². The summed E-state index contributed by atoms with van der Waals surface area (Å²) in [6.07, 6.45) is -0.831. The molecule has 2 aromatic rings. The Hall–Kier alpha value is -2.21. The number of amides is 1. The van der Waals surface area contributed by atoms with Crippen molar-refractivity contribution in [2.45, 2.75) is 33.3 Å². The number of hydrogen-bond acceptors (Lipinski definition) is 4. The van der Waals surface area contributed by atoms with Crippen molar-refractivity contribution >= 4 is 5.91 Å². The van der Waals surface area contributed by atoms with E-state index in [-0.39, 0.29) is 6.42 Å². The van der Waals surface area contributed by atoms with Crippen LogP contribution in [0.25, 0.3) is 5.69 Å². The van der Waals surface area contributed by atoms with Gasteiger partial charge in [-0.2, -0.15) is 5.10 Å². The summed E-state index contributed by atoms with van der Waals surface area (Å²) in [7, 11) is 0. The highest BCUT2D eigenvalue weighted by Crippen LogP contribution is 2.18. The molecule has 1 atom stereocenters. The molecular weight excluding hydrogens is 256 g/mol. The van der Waals surface area contributed by atoms with Gasteiger partial charge in [0.1, 0.15) is 6.10 Å².